The molecule has 0 bridgehead atoms. The van der Waals surface area contributed by atoms with Crippen molar-refractivity contribution in [3.05, 3.63) is 42.6 Å². The molecule has 1 saturated heterocycles. The molecule has 0 saturated carbocycles. The Balaban J connectivity index is 1.79. The molecular formula is C18H20FN5. The highest BCUT2D eigenvalue weighted by molar-refractivity contribution is 5.87. The van der Waals surface area contributed by atoms with E-state index in [2.05, 4.69) is 33.8 Å². The van der Waals surface area contributed by atoms with Crippen LogP contribution in [0.1, 0.15) is 20.3 Å². The highest BCUT2D eigenvalue weighted by atomic mass is 19.1. The second kappa shape index (κ2) is 5.85. The molecule has 24 heavy (non-hydrogen) atoms. The van der Waals surface area contributed by atoms with Gasteiger partial charge in [0.2, 0.25) is 0 Å². The minimum atomic E-state index is -0.288. The first-order valence-corrected chi connectivity index (χ1v) is 8.31. The van der Waals surface area contributed by atoms with Crippen molar-refractivity contribution in [3.8, 4) is 5.69 Å². The van der Waals surface area contributed by atoms with E-state index in [0.717, 1.165) is 24.3 Å². The van der Waals surface area contributed by atoms with Crippen molar-refractivity contribution in [1.29, 1.82) is 0 Å². The maximum absolute atomic E-state index is 13.5. The standard InChI is InChI=1S/C18H20FN5/c1-12-6-13(2)10-23(9-12)17-16-8-22-24(18(16)21-11-20-17)15-5-3-4-14(19)7-15/h3-5,7-8,11-13H,6,9-10H2,1-2H3. The number of rotatable bonds is 2. The summed E-state index contributed by atoms with van der Waals surface area (Å²) in [6, 6.07) is 6.38. The predicted molar refractivity (Wildman–Crippen MR) is 91.8 cm³/mol. The lowest BCUT2D eigenvalue weighted by molar-refractivity contribution is 0.356. The monoisotopic (exact) mass is 325 g/mol. The van der Waals surface area contributed by atoms with Gasteiger partial charge in [0.1, 0.15) is 18.0 Å². The van der Waals surface area contributed by atoms with Crippen molar-refractivity contribution in [2.45, 2.75) is 20.3 Å². The zero-order chi connectivity index (χ0) is 16.7. The van der Waals surface area contributed by atoms with Gasteiger partial charge in [-0.25, -0.2) is 19.0 Å². The molecule has 6 heteroatoms. The van der Waals surface area contributed by atoms with Crippen molar-refractivity contribution in [2.24, 2.45) is 11.8 Å². The Morgan fingerprint density at radius 1 is 1.12 bits per heavy atom. The van der Waals surface area contributed by atoms with E-state index < -0.39 is 0 Å². The first kappa shape index (κ1) is 15.1. The average Bonchev–Trinajstić information content (AvgIpc) is 2.98. The SMILES string of the molecule is CC1CC(C)CN(c2ncnc3c2cnn3-c2cccc(F)c2)C1. The fraction of sp³-hybridized carbons (Fsp3) is 0.389. The molecule has 124 valence electrons. The van der Waals surface area contributed by atoms with E-state index in [1.54, 1.807) is 23.3 Å². The largest absolute Gasteiger partial charge is 0.355 e. The number of fused-ring (bicyclic) bond motifs is 1. The number of benzene rings is 1. The molecule has 0 aliphatic carbocycles. The minimum absolute atomic E-state index is 0.288. The molecule has 1 fully saturated rings. The van der Waals surface area contributed by atoms with Gasteiger partial charge in [0.05, 0.1) is 17.3 Å². The van der Waals surface area contributed by atoms with Crippen LogP contribution in [-0.2, 0) is 0 Å². The molecule has 2 unspecified atom stereocenters. The van der Waals surface area contributed by atoms with Gasteiger partial charge >= 0.3 is 0 Å². The van der Waals surface area contributed by atoms with Crippen LogP contribution in [0.25, 0.3) is 16.7 Å². The van der Waals surface area contributed by atoms with Crippen molar-refractivity contribution in [3.63, 3.8) is 0 Å². The Bertz CT molecular complexity index is 865. The van der Waals surface area contributed by atoms with E-state index in [1.807, 2.05) is 6.07 Å². The fourth-order valence-corrected chi connectivity index (χ4v) is 3.72. The third-order valence-electron chi connectivity index (χ3n) is 4.57. The van der Waals surface area contributed by atoms with Gasteiger partial charge in [0, 0.05) is 13.1 Å². The predicted octanol–water partition coefficient (Wildman–Crippen LogP) is 3.44. The molecule has 3 heterocycles. The summed E-state index contributed by atoms with van der Waals surface area (Å²) in [5.74, 6) is 1.90. The zero-order valence-electron chi connectivity index (χ0n) is 13.9. The van der Waals surface area contributed by atoms with Crippen molar-refractivity contribution in [2.75, 3.05) is 18.0 Å². The van der Waals surface area contributed by atoms with E-state index in [4.69, 9.17) is 0 Å². The number of piperidine rings is 1. The van der Waals surface area contributed by atoms with E-state index in [0.29, 0.717) is 23.2 Å². The summed E-state index contributed by atoms with van der Waals surface area (Å²) in [7, 11) is 0. The van der Waals surface area contributed by atoms with Gasteiger partial charge in [-0.3, -0.25) is 0 Å². The average molecular weight is 325 g/mol. The van der Waals surface area contributed by atoms with Crippen LogP contribution in [-0.4, -0.2) is 32.8 Å². The molecular weight excluding hydrogens is 305 g/mol. The summed E-state index contributed by atoms with van der Waals surface area (Å²) >= 11 is 0. The summed E-state index contributed by atoms with van der Waals surface area (Å²) < 4.78 is 15.2. The maximum Gasteiger partial charge on any atom is 0.168 e. The molecule has 5 nitrogen and oxygen atoms in total. The van der Waals surface area contributed by atoms with E-state index in [1.165, 1.54) is 18.6 Å². The molecule has 3 aromatic rings. The number of hydrogen-bond donors (Lipinski definition) is 0. The molecule has 1 aromatic carbocycles. The molecule has 0 amide bonds. The van der Waals surface area contributed by atoms with Gasteiger partial charge in [0.15, 0.2) is 5.65 Å². The van der Waals surface area contributed by atoms with Crippen LogP contribution in [0.5, 0.6) is 0 Å². The highest BCUT2D eigenvalue weighted by Crippen LogP contribution is 2.30. The minimum Gasteiger partial charge on any atom is -0.355 e. The molecule has 1 aliphatic rings. The van der Waals surface area contributed by atoms with Gasteiger partial charge in [-0.1, -0.05) is 19.9 Å². The first-order valence-electron chi connectivity index (χ1n) is 8.31. The Hall–Kier alpha value is -2.50. The van der Waals surface area contributed by atoms with Crippen LogP contribution in [0.2, 0.25) is 0 Å². The van der Waals surface area contributed by atoms with Gasteiger partial charge in [-0.15, -0.1) is 0 Å². The number of anilines is 1. The van der Waals surface area contributed by atoms with Crippen molar-refractivity contribution >= 4 is 16.9 Å². The summed E-state index contributed by atoms with van der Waals surface area (Å²) in [6.07, 6.45) is 4.59. The summed E-state index contributed by atoms with van der Waals surface area (Å²) in [4.78, 5) is 11.2. The van der Waals surface area contributed by atoms with Crippen molar-refractivity contribution in [1.82, 2.24) is 19.7 Å². The Morgan fingerprint density at radius 2 is 1.92 bits per heavy atom. The van der Waals surface area contributed by atoms with E-state index in [9.17, 15) is 4.39 Å². The van der Waals surface area contributed by atoms with Gasteiger partial charge in [-0.05, 0) is 36.5 Å². The molecule has 0 radical (unpaired) electrons. The third-order valence-corrected chi connectivity index (χ3v) is 4.57. The first-order chi connectivity index (χ1) is 11.6. The Labute approximate surface area is 140 Å². The number of hydrogen-bond acceptors (Lipinski definition) is 4. The van der Waals surface area contributed by atoms with Crippen LogP contribution < -0.4 is 4.90 Å². The molecule has 2 aromatic heterocycles. The van der Waals surface area contributed by atoms with Gasteiger partial charge < -0.3 is 4.90 Å². The lowest BCUT2D eigenvalue weighted by Gasteiger charge is -2.35. The molecule has 0 spiro atoms. The molecule has 4 rings (SSSR count). The van der Waals surface area contributed by atoms with Crippen LogP contribution in [0.4, 0.5) is 10.2 Å². The quantitative estimate of drug-likeness (QED) is 0.724. The molecule has 2 atom stereocenters. The lowest BCUT2D eigenvalue weighted by Crippen LogP contribution is -2.39. The number of aromatic nitrogens is 4. The van der Waals surface area contributed by atoms with E-state index >= 15 is 0 Å². The normalized spacial score (nSPS) is 21.4. The number of halogens is 1. The van der Waals surface area contributed by atoms with E-state index in [-0.39, 0.29) is 5.82 Å². The zero-order valence-corrected chi connectivity index (χ0v) is 13.9. The second-order valence-electron chi connectivity index (χ2n) is 6.82. The smallest absolute Gasteiger partial charge is 0.168 e. The molecule has 0 N–H and O–H groups in total. The summed E-state index contributed by atoms with van der Waals surface area (Å²) in [5, 5.41) is 5.33. The molecule has 1 aliphatic heterocycles. The Morgan fingerprint density at radius 3 is 2.67 bits per heavy atom. The maximum atomic E-state index is 13.5. The summed E-state index contributed by atoms with van der Waals surface area (Å²) in [5.41, 5.74) is 1.37. The third kappa shape index (κ3) is 2.62. The van der Waals surface area contributed by atoms with Crippen LogP contribution >= 0.6 is 0 Å². The number of nitrogens with zero attached hydrogens (tertiary/aromatic N) is 5. The Kier molecular flexibility index (Phi) is 3.67. The van der Waals surface area contributed by atoms with Gasteiger partial charge in [0.25, 0.3) is 0 Å². The van der Waals surface area contributed by atoms with Gasteiger partial charge in [-0.2, -0.15) is 5.10 Å². The van der Waals surface area contributed by atoms with Crippen LogP contribution in [0.3, 0.4) is 0 Å². The lowest BCUT2D eigenvalue weighted by atomic mass is 9.92. The van der Waals surface area contributed by atoms with Crippen LogP contribution in [0.15, 0.2) is 36.8 Å². The fourth-order valence-electron chi connectivity index (χ4n) is 3.72. The summed E-state index contributed by atoms with van der Waals surface area (Å²) in [6.45, 7) is 6.53. The van der Waals surface area contributed by atoms with Crippen molar-refractivity contribution < 1.29 is 4.39 Å². The highest BCUT2D eigenvalue weighted by Gasteiger charge is 2.25. The second-order valence-corrected chi connectivity index (χ2v) is 6.82. The van der Waals surface area contributed by atoms with Crippen LogP contribution in [0, 0.1) is 17.7 Å². The topological polar surface area (TPSA) is 46.8 Å².